The van der Waals surface area contributed by atoms with Crippen molar-refractivity contribution in [3.63, 3.8) is 0 Å². The minimum absolute atomic E-state index is 0.258. The highest BCUT2D eigenvalue weighted by atomic mass is 16.3. The number of hydrazone groups is 1. The predicted octanol–water partition coefficient (Wildman–Crippen LogP) is 3.53. The van der Waals surface area contributed by atoms with Gasteiger partial charge in [-0.2, -0.15) is 5.10 Å². The van der Waals surface area contributed by atoms with Crippen molar-refractivity contribution in [3.8, 4) is 5.69 Å². The Morgan fingerprint density at radius 3 is 2.39 bits per heavy atom. The SMILES string of the molecule is CC(=NNC(=O)c1ccc(-n2cccc2)cc1)c1ccc(C)o1. The van der Waals surface area contributed by atoms with E-state index in [1.165, 1.54) is 0 Å². The number of rotatable bonds is 4. The van der Waals surface area contributed by atoms with Gasteiger partial charge in [0.1, 0.15) is 17.2 Å². The summed E-state index contributed by atoms with van der Waals surface area (Å²) in [5, 5.41) is 4.07. The summed E-state index contributed by atoms with van der Waals surface area (Å²) in [5.41, 5.74) is 4.71. The van der Waals surface area contributed by atoms with Crippen molar-refractivity contribution in [1.29, 1.82) is 0 Å². The number of aromatic nitrogens is 1. The Hall–Kier alpha value is -3.08. The van der Waals surface area contributed by atoms with Crippen LogP contribution in [-0.4, -0.2) is 16.2 Å². The Labute approximate surface area is 134 Å². The van der Waals surface area contributed by atoms with Crippen molar-refractivity contribution in [2.75, 3.05) is 0 Å². The van der Waals surface area contributed by atoms with Gasteiger partial charge in [-0.15, -0.1) is 0 Å². The van der Waals surface area contributed by atoms with E-state index in [0.717, 1.165) is 11.4 Å². The summed E-state index contributed by atoms with van der Waals surface area (Å²) in [4.78, 5) is 12.1. The molecule has 2 aromatic heterocycles. The first-order valence-electron chi connectivity index (χ1n) is 7.28. The quantitative estimate of drug-likeness (QED) is 0.592. The minimum Gasteiger partial charge on any atom is -0.460 e. The smallest absolute Gasteiger partial charge is 0.271 e. The minimum atomic E-state index is -0.258. The predicted molar refractivity (Wildman–Crippen MR) is 88.9 cm³/mol. The summed E-state index contributed by atoms with van der Waals surface area (Å²) < 4.78 is 7.43. The number of carbonyl (C=O) groups excluding carboxylic acids is 1. The van der Waals surface area contributed by atoms with E-state index in [9.17, 15) is 4.79 Å². The fraction of sp³-hybridized carbons (Fsp3) is 0.111. The van der Waals surface area contributed by atoms with Crippen LogP contribution in [0.5, 0.6) is 0 Å². The van der Waals surface area contributed by atoms with Crippen LogP contribution in [0.1, 0.15) is 28.8 Å². The first kappa shape index (κ1) is 14.8. The van der Waals surface area contributed by atoms with Gasteiger partial charge in [0, 0.05) is 23.6 Å². The molecular weight excluding hydrogens is 290 g/mol. The molecule has 0 atom stereocenters. The van der Waals surface area contributed by atoms with Gasteiger partial charge in [-0.05, 0) is 62.4 Å². The highest BCUT2D eigenvalue weighted by molar-refractivity contribution is 5.99. The molecular formula is C18H17N3O2. The number of benzene rings is 1. The van der Waals surface area contributed by atoms with E-state index in [0.29, 0.717) is 17.0 Å². The average molecular weight is 307 g/mol. The molecule has 0 bridgehead atoms. The van der Waals surface area contributed by atoms with E-state index < -0.39 is 0 Å². The van der Waals surface area contributed by atoms with E-state index in [-0.39, 0.29) is 5.91 Å². The molecule has 0 aliphatic heterocycles. The monoisotopic (exact) mass is 307 g/mol. The molecule has 0 unspecified atom stereocenters. The maximum Gasteiger partial charge on any atom is 0.271 e. The summed E-state index contributed by atoms with van der Waals surface area (Å²) >= 11 is 0. The van der Waals surface area contributed by atoms with Gasteiger partial charge in [0.2, 0.25) is 0 Å². The molecule has 0 spiro atoms. The van der Waals surface area contributed by atoms with E-state index in [1.807, 2.05) is 60.3 Å². The van der Waals surface area contributed by atoms with Crippen molar-refractivity contribution in [2.45, 2.75) is 13.8 Å². The third kappa shape index (κ3) is 3.40. The molecule has 1 amide bonds. The molecule has 0 radical (unpaired) electrons. The molecule has 5 heteroatoms. The Balaban J connectivity index is 1.68. The largest absolute Gasteiger partial charge is 0.460 e. The van der Waals surface area contributed by atoms with Crippen molar-refractivity contribution >= 4 is 11.6 Å². The van der Waals surface area contributed by atoms with Crippen molar-refractivity contribution in [1.82, 2.24) is 9.99 Å². The van der Waals surface area contributed by atoms with Crippen LogP contribution in [-0.2, 0) is 0 Å². The van der Waals surface area contributed by atoms with Gasteiger partial charge >= 0.3 is 0 Å². The number of amides is 1. The molecule has 116 valence electrons. The lowest BCUT2D eigenvalue weighted by Crippen LogP contribution is -2.19. The van der Waals surface area contributed by atoms with E-state index in [4.69, 9.17) is 4.42 Å². The summed E-state index contributed by atoms with van der Waals surface area (Å²) in [6.07, 6.45) is 3.90. The fourth-order valence-corrected chi connectivity index (χ4v) is 2.17. The van der Waals surface area contributed by atoms with Crippen LogP contribution in [0.3, 0.4) is 0 Å². The van der Waals surface area contributed by atoms with Crippen LogP contribution in [0, 0.1) is 6.92 Å². The van der Waals surface area contributed by atoms with E-state index >= 15 is 0 Å². The molecule has 5 nitrogen and oxygen atoms in total. The molecule has 3 rings (SSSR count). The number of aryl methyl sites for hydroxylation is 1. The molecule has 23 heavy (non-hydrogen) atoms. The normalized spacial score (nSPS) is 11.5. The van der Waals surface area contributed by atoms with Gasteiger partial charge in [-0.25, -0.2) is 5.43 Å². The standard InChI is InChI=1S/C18H17N3O2/c1-13-5-10-17(23-13)14(2)19-20-18(22)15-6-8-16(9-7-15)21-11-3-4-12-21/h3-12H,1-2H3,(H,20,22). The van der Waals surface area contributed by atoms with Gasteiger partial charge in [-0.3, -0.25) is 4.79 Å². The number of nitrogens with one attached hydrogen (secondary N) is 1. The Morgan fingerprint density at radius 1 is 1.09 bits per heavy atom. The van der Waals surface area contributed by atoms with Crippen LogP contribution >= 0.6 is 0 Å². The molecule has 1 aromatic carbocycles. The molecule has 3 aromatic rings. The molecule has 2 heterocycles. The van der Waals surface area contributed by atoms with Crippen LogP contribution in [0.25, 0.3) is 5.69 Å². The maximum absolute atomic E-state index is 12.1. The molecule has 0 saturated carbocycles. The molecule has 0 fully saturated rings. The number of furan rings is 1. The second-order valence-corrected chi connectivity index (χ2v) is 5.19. The molecule has 0 saturated heterocycles. The number of hydrogen-bond donors (Lipinski definition) is 1. The molecule has 0 aliphatic rings. The highest BCUT2D eigenvalue weighted by Crippen LogP contribution is 2.10. The number of carbonyl (C=O) groups is 1. The maximum atomic E-state index is 12.1. The Kier molecular flexibility index (Phi) is 4.10. The lowest BCUT2D eigenvalue weighted by atomic mass is 10.2. The fourth-order valence-electron chi connectivity index (χ4n) is 2.17. The van der Waals surface area contributed by atoms with Crippen molar-refractivity contribution in [3.05, 3.63) is 78.0 Å². The van der Waals surface area contributed by atoms with E-state index in [2.05, 4.69) is 10.5 Å². The highest BCUT2D eigenvalue weighted by Gasteiger charge is 2.07. The molecule has 0 aliphatic carbocycles. The van der Waals surface area contributed by atoms with Crippen LogP contribution < -0.4 is 5.43 Å². The van der Waals surface area contributed by atoms with Gasteiger partial charge < -0.3 is 8.98 Å². The third-order valence-corrected chi connectivity index (χ3v) is 3.45. The topological polar surface area (TPSA) is 59.5 Å². The Bertz CT molecular complexity index is 828. The van der Waals surface area contributed by atoms with Gasteiger partial charge in [-0.1, -0.05) is 0 Å². The zero-order valence-electron chi connectivity index (χ0n) is 13.0. The van der Waals surface area contributed by atoms with Gasteiger partial charge in [0.05, 0.1) is 0 Å². The van der Waals surface area contributed by atoms with Crippen molar-refractivity contribution in [2.24, 2.45) is 5.10 Å². The Morgan fingerprint density at radius 2 is 1.78 bits per heavy atom. The number of nitrogens with zero attached hydrogens (tertiary/aromatic N) is 2. The van der Waals surface area contributed by atoms with Crippen LogP contribution in [0.4, 0.5) is 0 Å². The zero-order chi connectivity index (χ0) is 16.2. The second kappa shape index (κ2) is 6.36. The molecule has 1 N–H and O–H groups in total. The summed E-state index contributed by atoms with van der Waals surface area (Å²) in [6, 6.07) is 14.9. The summed E-state index contributed by atoms with van der Waals surface area (Å²) in [5.74, 6) is 1.19. The lowest BCUT2D eigenvalue weighted by Gasteiger charge is -2.05. The third-order valence-electron chi connectivity index (χ3n) is 3.45. The summed E-state index contributed by atoms with van der Waals surface area (Å²) in [6.45, 7) is 3.65. The van der Waals surface area contributed by atoms with Gasteiger partial charge in [0.25, 0.3) is 5.91 Å². The van der Waals surface area contributed by atoms with Crippen LogP contribution in [0.15, 0.2) is 70.4 Å². The number of hydrogen-bond acceptors (Lipinski definition) is 3. The van der Waals surface area contributed by atoms with Gasteiger partial charge in [0.15, 0.2) is 0 Å². The first-order valence-corrected chi connectivity index (χ1v) is 7.28. The van der Waals surface area contributed by atoms with E-state index in [1.54, 1.807) is 19.1 Å². The van der Waals surface area contributed by atoms with Crippen molar-refractivity contribution < 1.29 is 9.21 Å². The lowest BCUT2D eigenvalue weighted by molar-refractivity contribution is 0.0955. The first-order chi connectivity index (χ1) is 11.1. The summed E-state index contributed by atoms with van der Waals surface area (Å²) in [7, 11) is 0. The van der Waals surface area contributed by atoms with Crippen LogP contribution in [0.2, 0.25) is 0 Å². The zero-order valence-corrected chi connectivity index (χ0v) is 13.0. The second-order valence-electron chi connectivity index (χ2n) is 5.19. The average Bonchev–Trinajstić information content (AvgIpc) is 3.24.